The van der Waals surface area contributed by atoms with Crippen molar-refractivity contribution in [2.24, 2.45) is 0 Å². The molecule has 172 valence electrons. The van der Waals surface area contributed by atoms with Crippen molar-refractivity contribution in [1.82, 2.24) is 9.55 Å². The van der Waals surface area contributed by atoms with E-state index in [1.165, 1.54) is 6.07 Å². The van der Waals surface area contributed by atoms with E-state index in [1.807, 2.05) is 55.7 Å². The molecule has 0 bridgehead atoms. The van der Waals surface area contributed by atoms with Crippen LogP contribution in [0.3, 0.4) is 0 Å². The first-order valence-electron chi connectivity index (χ1n) is 11.3. The average Bonchev–Trinajstić information content (AvgIpc) is 2.85. The van der Waals surface area contributed by atoms with E-state index < -0.39 is 5.91 Å². The molecule has 0 saturated carbocycles. The minimum atomic E-state index is -0.435. The molecule has 0 fully saturated rings. The number of para-hydroxylation sites is 1. The molecule has 5 nitrogen and oxygen atoms in total. The summed E-state index contributed by atoms with van der Waals surface area (Å²) in [5, 5.41) is 3.67. The van der Waals surface area contributed by atoms with Crippen molar-refractivity contribution in [3.8, 4) is 16.9 Å². The molecule has 2 heterocycles. The number of aryl methyl sites for hydroxylation is 3. The van der Waals surface area contributed by atoms with E-state index in [0.29, 0.717) is 16.4 Å². The zero-order valence-electron chi connectivity index (χ0n) is 19.4. The summed E-state index contributed by atoms with van der Waals surface area (Å²) in [6.07, 6.45) is 4.84. The molecular weight excluding hydrogens is 446 g/mol. The Morgan fingerprint density at radius 2 is 1.59 bits per heavy atom. The number of carbonyl (C=O) groups is 1. The molecule has 1 amide bonds. The van der Waals surface area contributed by atoms with Crippen molar-refractivity contribution in [1.29, 1.82) is 0 Å². The maximum Gasteiger partial charge on any atom is 0.261 e. The average molecular weight is 472 g/mol. The highest BCUT2D eigenvalue weighted by molar-refractivity contribution is 6.30. The third kappa shape index (κ3) is 4.52. The lowest BCUT2D eigenvalue weighted by Gasteiger charge is -2.21. The van der Waals surface area contributed by atoms with Crippen molar-refractivity contribution in [3.05, 3.63) is 111 Å². The number of carbonyl (C=O) groups excluding carboxylic acids is 1. The number of hydrogen-bond donors (Lipinski definition) is 1. The molecule has 2 aromatic carbocycles. The van der Waals surface area contributed by atoms with Crippen molar-refractivity contribution >= 4 is 23.2 Å². The summed E-state index contributed by atoms with van der Waals surface area (Å²) < 4.78 is 1.91. The summed E-state index contributed by atoms with van der Waals surface area (Å²) in [5.41, 5.74) is 5.32. The van der Waals surface area contributed by atoms with Gasteiger partial charge in [0.1, 0.15) is 5.56 Å². The largest absolute Gasteiger partial charge is 0.321 e. The summed E-state index contributed by atoms with van der Waals surface area (Å²) in [6, 6.07) is 18.4. The first-order chi connectivity index (χ1) is 16.4. The monoisotopic (exact) mass is 471 g/mol. The van der Waals surface area contributed by atoms with Crippen LogP contribution in [0.4, 0.5) is 5.69 Å². The van der Waals surface area contributed by atoms with Gasteiger partial charge in [-0.15, -0.1) is 0 Å². The van der Waals surface area contributed by atoms with Gasteiger partial charge in [0.2, 0.25) is 0 Å². The molecule has 0 spiro atoms. The van der Waals surface area contributed by atoms with Crippen molar-refractivity contribution in [2.75, 3.05) is 5.32 Å². The Morgan fingerprint density at radius 3 is 2.18 bits per heavy atom. The minimum absolute atomic E-state index is 0.0831. The number of nitrogens with zero attached hydrogens (tertiary/aromatic N) is 2. The van der Waals surface area contributed by atoms with Crippen LogP contribution >= 0.6 is 11.6 Å². The third-order valence-electron chi connectivity index (χ3n) is 5.90. The van der Waals surface area contributed by atoms with Crippen molar-refractivity contribution < 1.29 is 4.79 Å². The van der Waals surface area contributed by atoms with E-state index in [0.717, 1.165) is 40.9 Å². The molecule has 0 atom stereocenters. The molecule has 0 saturated heterocycles. The fourth-order valence-electron chi connectivity index (χ4n) is 4.24. The molecule has 0 unspecified atom stereocenters. The van der Waals surface area contributed by atoms with E-state index in [2.05, 4.69) is 10.3 Å². The van der Waals surface area contributed by atoms with Crippen LogP contribution in [0.1, 0.15) is 41.0 Å². The van der Waals surface area contributed by atoms with E-state index in [4.69, 9.17) is 11.6 Å². The number of amides is 1. The third-order valence-corrected chi connectivity index (χ3v) is 6.15. The number of benzene rings is 2. The van der Waals surface area contributed by atoms with Gasteiger partial charge in [-0.1, -0.05) is 43.6 Å². The van der Waals surface area contributed by atoms with Crippen molar-refractivity contribution in [2.45, 2.75) is 33.6 Å². The van der Waals surface area contributed by atoms with Crippen LogP contribution in [-0.4, -0.2) is 15.5 Å². The molecule has 0 aliphatic rings. The van der Waals surface area contributed by atoms with Crippen LogP contribution in [0.25, 0.3) is 16.9 Å². The summed E-state index contributed by atoms with van der Waals surface area (Å²) in [7, 11) is 0. The summed E-state index contributed by atoms with van der Waals surface area (Å²) >= 11 is 6.12. The first-order valence-corrected chi connectivity index (χ1v) is 11.7. The standard InChI is InChI=1S/C28H26ClN3O2/c1-4-19-7-6-8-20(5-2)26(19)31-28(34)25-24(33)17-18(3)32(23-11-9-22(29)10-12-23)27(25)21-13-15-30-16-14-21/h6-17H,4-5H2,1-3H3,(H,31,34). The summed E-state index contributed by atoms with van der Waals surface area (Å²) in [4.78, 5) is 31.2. The molecule has 34 heavy (non-hydrogen) atoms. The fraction of sp³-hybridized carbons (Fsp3) is 0.179. The van der Waals surface area contributed by atoms with Crippen LogP contribution in [-0.2, 0) is 12.8 Å². The van der Waals surface area contributed by atoms with Gasteiger partial charge in [-0.05, 0) is 67.3 Å². The van der Waals surface area contributed by atoms with E-state index >= 15 is 0 Å². The van der Waals surface area contributed by atoms with Gasteiger partial charge in [0, 0.05) is 46.1 Å². The Balaban J connectivity index is 1.97. The van der Waals surface area contributed by atoms with Gasteiger partial charge >= 0.3 is 0 Å². The van der Waals surface area contributed by atoms with Crippen LogP contribution in [0.5, 0.6) is 0 Å². The Morgan fingerprint density at radius 1 is 0.971 bits per heavy atom. The Kier molecular flexibility index (Phi) is 6.94. The second kappa shape index (κ2) is 10.1. The molecule has 1 N–H and O–H groups in total. The van der Waals surface area contributed by atoms with Gasteiger partial charge in [0.25, 0.3) is 5.91 Å². The molecular formula is C28H26ClN3O2. The normalized spacial score (nSPS) is 10.8. The highest BCUT2D eigenvalue weighted by atomic mass is 35.5. The van der Waals surface area contributed by atoms with Crippen LogP contribution < -0.4 is 10.7 Å². The predicted molar refractivity (Wildman–Crippen MR) is 138 cm³/mol. The predicted octanol–water partition coefficient (Wildman–Crippen LogP) is 6.24. The zero-order valence-corrected chi connectivity index (χ0v) is 20.2. The number of hydrogen-bond acceptors (Lipinski definition) is 3. The van der Waals surface area contributed by atoms with Gasteiger partial charge in [0.15, 0.2) is 5.43 Å². The Labute approximate surface area is 204 Å². The van der Waals surface area contributed by atoms with E-state index in [-0.39, 0.29) is 11.0 Å². The van der Waals surface area contributed by atoms with Crippen LogP contribution in [0.15, 0.2) is 77.9 Å². The smallest absolute Gasteiger partial charge is 0.261 e. The number of pyridine rings is 2. The van der Waals surface area contributed by atoms with E-state index in [9.17, 15) is 9.59 Å². The molecule has 4 aromatic rings. The highest BCUT2D eigenvalue weighted by Crippen LogP contribution is 2.29. The highest BCUT2D eigenvalue weighted by Gasteiger charge is 2.24. The molecule has 0 radical (unpaired) electrons. The zero-order chi connectivity index (χ0) is 24.2. The topological polar surface area (TPSA) is 64.0 Å². The summed E-state index contributed by atoms with van der Waals surface area (Å²) in [5.74, 6) is -0.435. The number of rotatable bonds is 6. The number of anilines is 1. The molecule has 4 rings (SSSR count). The Bertz CT molecular complexity index is 1370. The first kappa shape index (κ1) is 23.5. The number of halogens is 1. The van der Waals surface area contributed by atoms with Crippen LogP contribution in [0, 0.1) is 6.92 Å². The van der Waals surface area contributed by atoms with Crippen LogP contribution in [0.2, 0.25) is 5.02 Å². The minimum Gasteiger partial charge on any atom is -0.321 e. The molecule has 2 aromatic heterocycles. The summed E-state index contributed by atoms with van der Waals surface area (Å²) in [6.45, 7) is 5.95. The van der Waals surface area contributed by atoms with Crippen molar-refractivity contribution in [3.63, 3.8) is 0 Å². The number of nitrogens with one attached hydrogen (secondary N) is 1. The second-order valence-electron chi connectivity index (χ2n) is 8.03. The van der Waals surface area contributed by atoms with Gasteiger partial charge in [-0.2, -0.15) is 0 Å². The second-order valence-corrected chi connectivity index (χ2v) is 8.47. The van der Waals surface area contributed by atoms with Gasteiger partial charge < -0.3 is 9.88 Å². The molecule has 6 heteroatoms. The lowest BCUT2D eigenvalue weighted by Crippen LogP contribution is -2.27. The van der Waals surface area contributed by atoms with Gasteiger partial charge in [-0.3, -0.25) is 14.6 Å². The van der Waals surface area contributed by atoms with E-state index in [1.54, 1.807) is 36.7 Å². The number of aromatic nitrogens is 2. The lowest BCUT2D eigenvalue weighted by atomic mass is 10.0. The lowest BCUT2D eigenvalue weighted by molar-refractivity contribution is 0.102. The molecule has 0 aliphatic heterocycles. The maximum atomic E-state index is 13.8. The fourth-order valence-corrected chi connectivity index (χ4v) is 4.36. The molecule has 0 aliphatic carbocycles. The van der Waals surface area contributed by atoms with Gasteiger partial charge in [-0.25, -0.2) is 0 Å². The quantitative estimate of drug-likeness (QED) is 0.362. The SMILES string of the molecule is CCc1cccc(CC)c1NC(=O)c1c(-c2ccncc2)n(-c2ccc(Cl)cc2)c(C)cc1=O. The Hall–Kier alpha value is -3.70. The van der Waals surface area contributed by atoms with Gasteiger partial charge in [0.05, 0.1) is 5.69 Å². The maximum absolute atomic E-state index is 13.8.